The van der Waals surface area contributed by atoms with Crippen LogP contribution in [0.4, 0.5) is 17.2 Å². The zero-order valence-electron chi connectivity index (χ0n) is 11.8. The van der Waals surface area contributed by atoms with Gasteiger partial charge in [-0.05, 0) is 48.5 Å². The van der Waals surface area contributed by atoms with Gasteiger partial charge in [0.2, 0.25) is 5.88 Å². The van der Waals surface area contributed by atoms with Gasteiger partial charge < -0.3 is 15.8 Å². The Morgan fingerprint density at radius 3 is 2.13 bits per heavy atom. The highest BCUT2D eigenvalue weighted by molar-refractivity contribution is 9.10. The first-order chi connectivity index (χ1) is 11.1. The Labute approximate surface area is 150 Å². The second-order valence-electron chi connectivity index (χ2n) is 4.63. The standard InChI is InChI=1S/C16H12Br2N4O/c17-10-1-5-12(6-2-10)22-15-14(19)16(21-9-20-15)23-13-7-3-11(18)4-8-13/h1-9H,19H2,(H,20,21,22). The Morgan fingerprint density at radius 2 is 1.48 bits per heavy atom. The second kappa shape index (κ2) is 6.97. The summed E-state index contributed by atoms with van der Waals surface area (Å²) >= 11 is 6.78. The summed E-state index contributed by atoms with van der Waals surface area (Å²) in [6.45, 7) is 0. The van der Waals surface area contributed by atoms with E-state index in [1.54, 1.807) is 0 Å². The van der Waals surface area contributed by atoms with Crippen molar-refractivity contribution in [1.82, 2.24) is 9.97 Å². The third-order valence-electron chi connectivity index (χ3n) is 2.98. The third-order valence-corrected chi connectivity index (χ3v) is 4.04. The molecule has 0 saturated heterocycles. The fraction of sp³-hybridized carbons (Fsp3) is 0. The SMILES string of the molecule is Nc1c(Nc2ccc(Br)cc2)ncnc1Oc1ccc(Br)cc1. The predicted molar refractivity (Wildman–Crippen MR) is 98.1 cm³/mol. The summed E-state index contributed by atoms with van der Waals surface area (Å²) in [5, 5.41) is 3.15. The lowest BCUT2D eigenvalue weighted by Crippen LogP contribution is -2.03. The minimum absolute atomic E-state index is 0.307. The van der Waals surface area contributed by atoms with Crippen molar-refractivity contribution in [1.29, 1.82) is 0 Å². The molecule has 0 fully saturated rings. The van der Waals surface area contributed by atoms with Gasteiger partial charge >= 0.3 is 0 Å². The fourth-order valence-electron chi connectivity index (χ4n) is 1.84. The number of rotatable bonds is 4. The van der Waals surface area contributed by atoms with Crippen LogP contribution >= 0.6 is 31.9 Å². The van der Waals surface area contributed by atoms with Crippen molar-refractivity contribution >= 4 is 49.1 Å². The Balaban J connectivity index is 1.83. The van der Waals surface area contributed by atoms with Crippen molar-refractivity contribution in [3.05, 3.63) is 63.8 Å². The molecule has 0 spiro atoms. The van der Waals surface area contributed by atoms with Crippen molar-refractivity contribution in [2.45, 2.75) is 0 Å². The van der Waals surface area contributed by atoms with Crippen LogP contribution in [0.5, 0.6) is 11.6 Å². The molecule has 3 rings (SSSR count). The molecule has 116 valence electrons. The second-order valence-corrected chi connectivity index (χ2v) is 6.46. The first-order valence-corrected chi connectivity index (χ1v) is 8.27. The summed E-state index contributed by atoms with van der Waals surface area (Å²) in [6, 6.07) is 15.1. The van der Waals surface area contributed by atoms with Crippen LogP contribution in [-0.4, -0.2) is 9.97 Å². The highest BCUT2D eigenvalue weighted by Crippen LogP contribution is 2.31. The molecule has 1 aromatic heterocycles. The molecule has 0 aliphatic rings. The van der Waals surface area contributed by atoms with Gasteiger partial charge in [0.25, 0.3) is 0 Å². The van der Waals surface area contributed by atoms with E-state index >= 15 is 0 Å². The molecule has 0 amide bonds. The molecule has 3 N–H and O–H groups in total. The van der Waals surface area contributed by atoms with Crippen LogP contribution in [0.2, 0.25) is 0 Å². The lowest BCUT2D eigenvalue weighted by atomic mass is 10.3. The van der Waals surface area contributed by atoms with Crippen molar-refractivity contribution in [2.75, 3.05) is 11.1 Å². The first kappa shape index (κ1) is 15.8. The van der Waals surface area contributed by atoms with Crippen molar-refractivity contribution in [2.24, 2.45) is 0 Å². The number of anilines is 3. The topological polar surface area (TPSA) is 73.1 Å². The molecule has 0 bridgehead atoms. The molecule has 1 heterocycles. The van der Waals surface area contributed by atoms with Gasteiger partial charge in [0, 0.05) is 14.6 Å². The number of hydrogen-bond donors (Lipinski definition) is 2. The number of ether oxygens (including phenoxy) is 1. The lowest BCUT2D eigenvalue weighted by Gasteiger charge is -2.11. The molecular formula is C16H12Br2N4O. The summed E-state index contributed by atoms with van der Waals surface area (Å²) in [5.74, 6) is 1.45. The molecule has 0 radical (unpaired) electrons. The lowest BCUT2D eigenvalue weighted by molar-refractivity contribution is 0.464. The molecule has 0 unspecified atom stereocenters. The zero-order chi connectivity index (χ0) is 16.2. The summed E-state index contributed by atoms with van der Waals surface area (Å²) in [7, 11) is 0. The highest BCUT2D eigenvalue weighted by Gasteiger charge is 2.10. The number of halogens is 2. The van der Waals surface area contributed by atoms with Crippen LogP contribution in [0.1, 0.15) is 0 Å². The number of aromatic nitrogens is 2. The van der Waals surface area contributed by atoms with Crippen LogP contribution in [0, 0.1) is 0 Å². The van der Waals surface area contributed by atoms with Gasteiger partial charge in [-0.2, -0.15) is 4.98 Å². The van der Waals surface area contributed by atoms with Crippen LogP contribution in [0.25, 0.3) is 0 Å². The Morgan fingerprint density at radius 1 is 0.870 bits per heavy atom. The van der Waals surface area contributed by atoms with E-state index in [9.17, 15) is 0 Å². The summed E-state index contributed by atoms with van der Waals surface area (Å²) < 4.78 is 7.69. The number of nitrogens with two attached hydrogens (primary N) is 1. The smallest absolute Gasteiger partial charge is 0.248 e. The maximum Gasteiger partial charge on any atom is 0.248 e. The number of benzene rings is 2. The van der Waals surface area contributed by atoms with E-state index in [4.69, 9.17) is 10.5 Å². The minimum Gasteiger partial charge on any atom is -0.437 e. The van der Waals surface area contributed by atoms with Gasteiger partial charge in [-0.25, -0.2) is 4.98 Å². The average Bonchev–Trinajstić information content (AvgIpc) is 2.55. The maximum absolute atomic E-state index is 6.11. The summed E-state index contributed by atoms with van der Waals surface area (Å²) in [5.41, 5.74) is 7.32. The fourth-order valence-corrected chi connectivity index (χ4v) is 2.37. The van der Waals surface area contributed by atoms with E-state index in [0.717, 1.165) is 14.6 Å². The van der Waals surface area contributed by atoms with E-state index in [2.05, 4.69) is 47.1 Å². The van der Waals surface area contributed by atoms with Crippen LogP contribution in [0.15, 0.2) is 63.8 Å². The van der Waals surface area contributed by atoms with Gasteiger partial charge in [-0.1, -0.05) is 31.9 Å². The molecule has 2 aromatic carbocycles. The Kier molecular flexibility index (Phi) is 4.78. The van der Waals surface area contributed by atoms with Crippen LogP contribution in [0.3, 0.4) is 0 Å². The van der Waals surface area contributed by atoms with Gasteiger partial charge in [0.15, 0.2) is 5.82 Å². The Hall–Kier alpha value is -2.12. The number of nitrogens with zero attached hydrogens (tertiary/aromatic N) is 2. The predicted octanol–water partition coefficient (Wildman–Crippen LogP) is 5.12. The van der Waals surface area contributed by atoms with E-state index in [1.165, 1.54) is 6.33 Å². The van der Waals surface area contributed by atoms with Crippen molar-refractivity contribution in [3.8, 4) is 11.6 Å². The van der Waals surface area contributed by atoms with Gasteiger partial charge in [0.05, 0.1) is 0 Å². The number of nitrogens with one attached hydrogen (secondary N) is 1. The molecule has 0 atom stereocenters. The first-order valence-electron chi connectivity index (χ1n) is 6.68. The molecule has 5 nitrogen and oxygen atoms in total. The monoisotopic (exact) mass is 434 g/mol. The number of hydrogen-bond acceptors (Lipinski definition) is 5. The maximum atomic E-state index is 6.11. The molecule has 7 heteroatoms. The molecule has 0 aliphatic carbocycles. The minimum atomic E-state index is 0.307. The number of nitrogen functional groups attached to an aromatic ring is 1. The summed E-state index contributed by atoms with van der Waals surface area (Å²) in [4.78, 5) is 8.26. The zero-order valence-corrected chi connectivity index (χ0v) is 15.0. The molecule has 0 aliphatic heterocycles. The van der Waals surface area contributed by atoms with Gasteiger partial charge in [-0.15, -0.1) is 0 Å². The summed E-state index contributed by atoms with van der Waals surface area (Å²) in [6.07, 6.45) is 1.41. The largest absolute Gasteiger partial charge is 0.437 e. The van der Waals surface area contributed by atoms with E-state index in [0.29, 0.717) is 23.1 Å². The van der Waals surface area contributed by atoms with Crippen molar-refractivity contribution < 1.29 is 4.74 Å². The van der Waals surface area contributed by atoms with Gasteiger partial charge in [0.1, 0.15) is 17.8 Å². The van der Waals surface area contributed by atoms with Crippen LogP contribution < -0.4 is 15.8 Å². The third kappa shape index (κ3) is 4.00. The van der Waals surface area contributed by atoms with Crippen molar-refractivity contribution in [3.63, 3.8) is 0 Å². The molecule has 23 heavy (non-hydrogen) atoms. The average molecular weight is 436 g/mol. The van der Waals surface area contributed by atoms with E-state index in [-0.39, 0.29) is 0 Å². The van der Waals surface area contributed by atoms with E-state index < -0.39 is 0 Å². The molecular weight excluding hydrogens is 424 g/mol. The quantitative estimate of drug-likeness (QED) is 0.594. The highest BCUT2D eigenvalue weighted by atomic mass is 79.9. The van der Waals surface area contributed by atoms with E-state index in [1.807, 2.05) is 48.5 Å². The normalized spacial score (nSPS) is 10.3. The Bertz CT molecular complexity index is 742. The molecule has 3 aromatic rings. The van der Waals surface area contributed by atoms with Crippen LogP contribution in [-0.2, 0) is 0 Å². The van der Waals surface area contributed by atoms with Gasteiger partial charge in [-0.3, -0.25) is 0 Å². The molecule has 0 saturated carbocycles.